The summed E-state index contributed by atoms with van der Waals surface area (Å²) in [6, 6.07) is 0. The quantitative estimate of drug-likeness (QED) is 0.599. The zero-order valence-electron chi connectivity index (χ0n) is 11.0. The van der Waals surface area contributed by atoms with Gasteiger partial charge in [-0.05, 0) is 38.3 Å². The van der Waals surface area contributed by atoms with Gasteiger partial charge in [-0.3, -0.25) is 4.79 Å². The van der Waals surface area contributed by atoms with Gasteiger partial charge in [0.05, 0.1) is 0 Å². The van der Waals surface area contributed by atoms with Crippen molar-refractivity contribution in [1.82, 2.24) is 10.6 Å². The second-order valence-electron chi connectivity index (χ2n) is 4.73. The molecule has 0 spiro atoms. The molecule has 1 aliphatic rings. The molecule has 17 heavy (non-hydrogen) atoms. The Labute approximate surface area is 104 Å². The van der Waals surface area contributed by atoms with Crippen LogP contribution in [0, 0.1) is 5.92 Å². The third kappa shape index (κ3) is 7.34. The molecule has 1 saturated heterocycles. The van der Waals surface area contributed by atoms with Crippen LogP contribution in [0.15, 0.2) is 0 Å². The molecule has 1 rings (SSSR count). The minimum Gasteiger partial charge on any atom is -0.381 e. The van der Waals surface area contributed by atoms with Crippen LogP contribution in [0.25, 0.3) is 0 Å². The van der Waals surface area contributed by atoms with Crippen molar-refractivity contribution >= 4 is 5.91 Å². The number of rotatable bonds is 9. The van der Waals surface area contributed by atoms with Crippen molar-refractivity contribution in [3.8, 4) is 0 Å². The van der Waals surface area contributed by atoms with Gasteiger partial charge in [0.15, 0.2) is 0 Å². The molecule has 0 aromatic heterocycles. The highest BCUT2D eigenvalue weighted by molar-refractivity contribution is 5.76. The summed E-state index contributed by atoms with van der Waals surface area (Å²) >= 11 is 0. The number of hydrogen-bond donors (Lipinski definition) is 2. The highest BCUT2D eigenvalue weighted by Gasteiger charge is 2.17. The third-order valence-electron chi connectivity index (χ3n) is 3.07. The number of nitrogens with one attached hydrogen (secondary N) is 2. The van der Waals surface area contributed by atoms with E-state index in [0.717, 1.165) is 52.1 Å². The largest absolute Gasteiger partial charge is 0.381 e. The van der Waals surface area contributed by atoms with Crippen LogP contribution in [-0.4, -0.2) is 38.8 Å². The molecule has 4 heteroatoms. The van der Waals surface area contributed by atoms with E-state index in [9.17, 15) is 4.79 Å². The van der Waals surface area contributed by atoms with Gasteiger partial charge in [-0.2, -0.15) is 0 Å². The summed E-state index contributed by atoms with van der Waals surface area (Å²) in [4.78, 5) is 11.6. The van der Waals surface area contributed by atoms with Crippen LogP contribution in [0.5, 0.6) is 0 Å². The number of ether oxygens (including phenoxy) is 1. The number of hydrogen-bond acceptors (Lipinski definition) is 3. The molecule has 1 atom stereocenters. The lowest BCUT2D eigenvalue weighted by Crippen LogP contribution is -2.27. The number of unbranched alkanes of at least 4 members (excludes halogenated alkanes) is 1. The number of carbonyl (C=O) groups excluding carboxylic acids is 1. The van der Waals surface area contributed by atoms with Gasteiger partial charge < -0.3 is 15.4 Å². The molecule has 1 aliphatic heterocycles. The van der Waals surface area contributed by atoms with Crippen LogP contribution >= 0.6 is 0 Å². The van der Waals surface area contributed by atoms with Gasteiger partial charge >= 0.3 is 0 Å². The molecule has 1 fully saturated rings. The minimum atomic E-state index is 0.187. The maximum absolute atomic E-state index is 11.6. The third-order valence-corrected chi connectivity index (χ3v) is 3.07. The standard InChI is InChI=1S/C13H26N2O2/c1-2-3-8-17-9-4-6-15-13(16)10-12-5-7-14-11-12/h12,14H,2-11H2,1H3,(H,15,16). The highest BCUT2D eigenvalue weighted by atomic mass is 16.5. The first kappa shape index (κ1) is 14.5. The van der Waals surface area contributed by atoms with Gasteiger partial charge in [0, 0.05) is 26.2 Å². The molecular formula is C13H26N2O2. The zero-order valence-corrected chi connectivity index (χ0v) is 11.0. The Morgan fingerprint density at radius 3 is 2.94 bits per heavy atom. The van der Waals surface area contributed by atoms with Crippen LogP contribution in [0.2, 0.25) is 0 Å². The molecule has 1 unspecified atom stereocenters. The van der Waals surface area contributed by atoms with E-state index in [0.29, 0.717) is 12.3 Å². The fourth-order valence-electron chi connectivity index (χ4n) is 1.97. The Morgan fingerprint density at radius 1 is 1.41 bits per heavy atom. The highest BCUT2D eigenvalue weighted by Crippen LogP contribution is 2.11. The van der Waals surface area contributed by atoms with Crippen molar-refractivity contribution in [2.75, 3.05) is 32.8 Å². The first-order chi connectivity index (χ1) is 8.33. The van der Waals surface area contributed by atoms with Crippen molar-refractivity contribution in [1.29, 1.82) is 0 Å². The van der Waals surface area contributed by atoms with E-state index in [-0.39, 0.29) is 5.91 Å². The second kappa shape index (κ2) is 9.42. The zero-order chi connectivity index (χ0) is 12.3. The first-order valence-electron chi connectivity index (χ1n) is 6.88. The van der Waals surface area contributed by atoms with Gasteiger partial charge in [0.1, 0.15) is 0 Å². The minimum absolute atomic E-state index is 0.187. The fourth-order valence-corrected chi connectivity index (χ4v) is 1.97. The normalized spacial score (nSPS) is 19.5. The SMILES string of the molecule is CCCCOCCCNC(=O)CC1CCNC1. The summed E-state index contributed by atoms with van der Waals surface area (Å²) in [6.07, 6.45) is 5.02. The molecule has 0 aliphatic carbocycles. The van der Waals surface area contributed by atoms with E-state index >= 15 is 0 Å². The summed E-state index contributed by atoms with van der Waals surface area (Å²) in [5.41, 5.74) is 0. The van der Waals surface area contributed by atoms with Crippen molar-refractivity contribution < 1.29 is 9.53 Å². The smallest absolute Gasteiger partial charge is 0.220 e. The van der Waals surface area contributed by atoms with E-state index in [4.69, 9.17) is 4.74 Å². The Kier molecular flexibility index (Phi) is 8.01. The maximum atomic E-state index is 11.6. The molecule has 0 bridgehead atoms. The predicted molar refractivity (Wildman–Crippen MR) is 68.9 cm³/mol. The molecule has 0 aromatic carbocycles. The Hall–Kier alpha value is -0.610. The van der Waals surface area contributed by atoms with Crippen LogP contribution in [0.3, 0.4) is 0 Å². The van der Waals surface area contributed by atoms with E-state index < -0.39 is 0 Å². The lowest BCUT2D eigenvalue weighted by molar-refractivity contribution is -0.121. The van der Waals surface area contributed by atoms with Crippen molar-refractivity contribution in [2.24, 2.45) is 5.92 Å². The Balaban J connectivity index is 1.86. The van der Waals surface area contributed by atoms with Crippen LogP contribution in [0.1, 0.15) is 39.0 Å². The Morgan fingerprint density at radius 2 is 2.24 bits per heavy atom. The number of carbonyl (C=O) groups is 1. The number of amides is 1. The molecule has 100 valence electrons. The van der Waals surface area contributed by atoms with Crippen LogP contribution in [-0.2, 0) is 9.53 Å². The van der Waals surface area contributed by atoms with Gasteiger partial charge in [0.25, 0.3) is 0 Å². The summed E-state index contributed by atoms with van der Waals surface area (Å²) in [5, 5.41) is 6.23. The molecular weight excluding hydrogens is 216 g/mol. The molecule has 0 radical (unpaired) electrons. The summed E-state index contributed by atoms with van der Waals surface area (Å²) in [5.74, 6) is 0.725. The summed E-state index contributed by atoms with van der Waals surface area (Å²) < 4.78 is 5.43. The van der Waals surface area contributed by atoms with Crippen LogP contribution < -0.4 is 10.6 Å². The maximum Gasteiger partial charge on any atom is 0.220 e. The molecule has 2 N–H and O–H groups in total. The van der Waals surface area contributed by atoms with Gasteiger partial charge in [0.2, 0.25) is 5.91 Å². The van der Waals surface area contributed by atoms with E-state index in [1.807, 2.05) is 0 Å². The first-order valence-corrected chi connectivity index (χ1v) is 6.88. The molecule has 1 heterocycles. The monoisotopic (exact) mass is 242 g/mol. The van der Waals surface area contributed by atoms with E-state index in [1.165, 1.54) is 6.42 Å². The van der Waals surface area contributed by atoms with Crippen LogP contribution in [0.4, 0.5) is 0 Å². The molecule has 0 saturated carbocycles. The lowest BCUT2D eigenvalue weighted by atomic mass is 10.0. The topological polar surface area (TPSA) is 50.4 Å². The van der Waals surface area contributed by atoms with Crippen molar-refractivity contribution in [3.63, 3.8) is 0 Å². The predicted octanol–water partition coefficient (Wildman–Crippen LogP) is 1.31. The average molecular weight is 242 g/mol. The van der Waals surface area contributed by atoms with Gasteiger partial charge in [-0.1, -0.05) is 13.3 Å². The molecule has 1 amide bonds. The van der Waals surface area contributed by atoms with E-state index in [2.05, 4.69) is 17.6 Å². The summed E-state index contributed by atoms with van der Waals surface area (Å²) in [6.45, 7) is 6.55. The fraction of sp³-hybridized carbons (Fsp3) is 0.923. The molecule has 4 nitrogen and oxygen atoms in total. The van der Waals surface area contributed by atoms with E-state index in [1.54, 1.807) is 0 Å². The van der Waals surface area contributed by atoms with Gasteiger partial charge in [-0.15, -0.1) is 0 Å². The summed E-state index contributed by atoms with van der Waals surface area (Å²) in [7, 11) is 0. The average Bonchev–Trinajstić information content (AvgIpc) is 2.80. The van der Waals surface area contributed by atoms with Crippen molar-refractivity contribution in [3.05, 3.63) is 0 Å². The molecule has 0 aromatic rings. The van der Waals surface area contributed by atoms with Gasteiger partial charge in [-0.25, -0.2) is 0 Å². The Bertz CT molecular complexity index is 204. The lowest BCUT2D eigenvalue weighted by Gasteiger charge is -2.09. The second-order valence-corrected chi connectivity index (χ2v) is 4.73. The van der Waals surface area contributed by atoms with Crippen molar-refractivity contribution in [2.45, 2.75) is 39.0 Å².